The Morgan fingerprint density at radius 3 is 1.00 bits per heavy atom. The smallest absolute Gasteiger partial charge is 0.309 e. The predicted octanol–water partition coefficient (Wildman–Crippen LogP) is 21.5. The number of hydrogen-bond acceptors (Lipinski definition) is 0. The molecule has 0 aliphatic rings. The lowest BCUT2D eigenvalue weighted by Gasteiger charge is -2.38. The topological polar surface area (TPSA) is 19.7 Å². The van der Waals surface area contributed by atoms with Gasteiger partial charge < -0.3 is 18.3 Å². The van der Waals surface area contributed by atoms with E-state index < -0.39 is 28.9 Å². The molecule has 16 rings (SSSR count). The summed E-state index contributed by atoms with van der Waals surface area (Å²) < 4.78 is 105. The Bertz CT molecular complexity index is 5340. The van der Waals surface area contributed by atoms with Crippen LogP contribution in [0, 0.1) is 0 Å². The first-order chi connectivity index (χ1) is 42.7. The molecule has 0 fully saturated rings. The van der Waals surface area contributed by atoms with Crippen LogP contribution in [0.25, 0.3) is 121 Å². The number of fused-ring (bicyclic) bond motifs is 12. The molecule has 0 amide bonds. The lowest BCUT2D eigenvalue weighted by molar-refractivity contribution is -0.288. The van der Waals surface area contributed by atoms with Gasteiger partial charge in [0.15, 0.2) is 0 Å². The van der Waals surface area contributed by atoms with Crippen LogP contribution in [0.3, 0.4) is 0 Å². The molecule has 0 atom stereocenters. The third-order valence-electron chi connectivity index (χ3n) is 18.5. The van der Waals surface area contributed by atoms with Crippen LogP contribution in [0.4, 0.5) is 26.3 Å². The maximum Gasteiger partial charge on any atom is 0.411 e. The highest BCUT2D eigenvalue weighted by Gasteiger charge is 2.72. The van der Waals surface area contributed by atoms with Crippen LogP contribution >= 0.6 is 0 Å². The second-order valence-corrected chi connectivity index (χ2v) is 23.4. The fourth-order valence-corrected chi connectivity index (χ4v) is 14.3. The van der Waals surface area contributed by atoms with Gasteiger partial charge in [0.2, 0.25) is 5.41 Å². The number of halogens is 6. The number of rotatable bonds is 9. The quantitative estimate of drug-likeness (QED) is 0.128. The Kier molecular flexibility index (Phi) is 11.7. The van der Waals surface area contributed by atoms with Crippen LogP contribution in [0.15, 0.2) is 279 Å². The average Bonchev–Trinajstić information content (AvgIpc) is 0.895. The van der Waals surface area contributed by atoms with E-state index in [4.69, 9.17) is 0 Å². The summed E-state index contributed by atoms with van der Waals surface area (Å²) >= 11 is 0. The van der Waals surface area contributed by atoms with Crippen LogP contribution in [0.5, 0.6) is 0 Å². The van der Waals surface area contributed by atoms with Gasteiger partial charge in [-0.2, -0.15) is 26.3 Å². The monoisotopic (exact) mass is 1160 g/mol. The maximum atomic E-state index is 16.2. The molecule has 0 spiro atoms. The van der Waals surface area contributed by atoms with Crippen LogP contribution in [0.2, 0.25) is 0 Å². The minimum Gasteiger partial charge on any atom is -0.309 e. The zero-order valence-electron chi connectivity index (χ0n) is 47.6. The summed E-state index contributed by atoms with van der Waals surface area (Å²) in [5, 5.41) is 7.77. The summed E-state index contributed by atoms with van der Waals surface area (Å²) in [7, 11) is 0. The highest BCUT2D eigenvalue weighted by Crippen LogP contribution is 2.57. The van der Waals surface area contributed by atoms with Gasteiger partial charge in [0, 0.05) is 71.3 Å². The Balaban J connectivity index is 0.775. The summed E-state index contributed by atoms with van der Waals surface area (Å²) in [4.78, 5) is 0. The van der Waals surface area contributed by atoms with Crippen molar-refractivity contribution in [1.29, 1.82) is 0 Å². The van der Waals surface area contributed by atoms with E-state index in [2.05, 4.69) is 156 Å². The van der Waals surface area contributed by atoms with Gasteiger partial charge in [0.1, 0.15) is 0 Å². The van der Waals surface area contributed by atoms with Crippen LogP contribution < -0.4 is 0 Å². The third-order valence-corrected chi connectivity index (χ3v) is 18.5. The molecule has 16 aromatic rings. The average molecular weight is 1160 g/mol. The van der Waals surface area contributed by atoms with Gasteiger partial charge in [0.25, 0.3) is 0 Å². The zero-order valence-corrected chi connectivity index (χ0v) is 47.6. The standard InChI is InChI=1S/C78H52F6N4/c1-75(2,50-37-41-54(42-38-50)85-66-29-9-3-22-59(66)60-23-4-10-30-67(60)85)51-39-43-55(44-40-51)86-71-34-14-8-27-64(71)74-58(28-17-35-73(74)86)49-36-45-72-65(46-49)63-26-7-13-33-70(63)88(72)57-21-16-19-53(48-57)76(77(79,80)81,78(82,83)84)52-18-15-20-56(47-52)87-68-31-11-5-24-61(68)62-25-6-12-32-69(62)87/h3-48H,1-2H3. The largest absolute Gasteiger partial charge is 0.411 e. The fraction of sp³-hybridized carbons (Fsp3) is 0.0769. The molecule has 0 unspecified atom stereocenters. The number of nitrogens with zero attached hydrogens (tertiary/aromatic N) is 4. The van der Waals surface area contributed by atoms with Gasteiger partial charge in [-0.05, 0) is 137 Å². The van der Waals surface area contributed by atoms with E-state index in [1.54, 1.807) is 33.4 Å². The number of hydrogen-bond donors (Lipinski definition) is 0. The number of aromatic nitrogens is 4. The fourth-order valence-electron chi connectivity index (χ4n) is 14.3. The first-order valence-electron chi connectivity index (χ1n) is 29.3. The Morgan fingerprint density at radius 1 is 0.250 bits per heavy atom. The molecule has 4 heterocycles. The molecule has 12 aromatic carbocycles. The van der Waals surface area contributed by atoms with E-state index in [1.165, 1.54) is 45.1 Å². The Morgan fingerprint density at radius 2 is 0.580 bits per heavy atom. The van der Waals surface area contributed by atoms with Crippen molar-refractivity contribution in [1.82, 2.24) is 18.3 Å². The molecule has 426 valence electrons. The second-order valence-electron chi connectivity index (χ2n) is 23.4. The lowest BCUT2D eigenvalue weighted by atomic mass is 9.72. The molecule has 4 nitrogen and oxygen atoms in total. The van der Waals surface area contributed by atoms with Crippen molar-refractivity contribution in [2.45, 2.75) is 37.0 Å². The summed E-state index contributed by atoms with van der Waals surface area (Å²) in [6.45, 7) is 4.52. The summed E-state index contributed by atoms with van der Waals surface area (Å²) in [5.41, 5.74) is 6.96. The first-order valence-corrected chi connectivity index (χ1v) is 29.3. The van der Waals surface area contributed by atoms with Crippen molar-refractivity contribution in [3.63, 3.8) is 0 Å². The molecule has 0 aliphatic heterocycles. The zero-order chi connectivity index (χ0) is 59.8. The van der Waals surface area contributed by atoms with E-state index in [1.807, 2.05) is 84.9 Å². The molecular formula is C78H52F6N4. The third kappa shape index (κ3) is 7.73. The van der Waals surface area contributed by atoms with Crippen molar-refractivity contribution >= 4 is 87.2 Å². The van der Waals surface area contributed by atoms with Crippen molar-refractivity contribution in [2.75, 3.05) is 0 Å². The molecule has 0 aliphatic carbocycles. The van der Waals surface area contributed by atoms with Crippen molar-refractivity contribution in [2.24, 2.45) is 0 Å². The van der Waals surface area contributed by atoms with Crippen molar-refractivity contribution in [3.8, 4) is 33.9 Å². The molecule has 0 saturated carbocycles. The highest BCUT2D eigenvalue weighted by molar-refractivity contribution is 6.18. The summed E-state index contributed by atoms with van der Waals surface area (Å²) in [5.74, 6) is 0. The molecule has 88 heavy (non-hydrogen) atoms. The van der Waals surface area contributed by atoms with Crippen LogP contribution in [0.1, 0.15) is 36.1 Å². The minimum absolute atomic E-state index is 0.154. The van der Waals surface area contributed by atoms with Gasteiger partial charge in [0.05, 0.1) is 44.1 Å². The number of para-hydroxylation sites is 6. The summed E-state index contributed by atoms with van der Waals surface area (Å²) in [6.07, 6.45) is -11.7. The van der Waals surface area contributed by atoms with Gasteiger partial charge in [-0.3, -0.25) is 0 Å². The van der Waals surface area contributed by atoms with Gasteiger partial charge in [-0.25, -0.2) is 0 Å². The number of benzene rings is 12. The summed E-state index contributed by atoms with van der Waals surface area (Å²) in [6, 6.07) is 87.4. The SMILES string of the molecule is CC(C)(c1ccc(-n2c3ccccc3c3ccccc32)cc1)c1ccc(-n2c3ccccc3c3c(-c4ccc5c(c4)c4ccccc4n5-c4cccc(C(c5cccc(-n6c7ccccc7c7ccccc76)c5)(C(F)(F)F)C(F)(F)F)c4)cccc32)cc1. The van der Waals surface area contributed by atoms with Crippen LogP contribution in [-0.4, -0.2) is 30.6 Å². The van der Waals surface area contributed by atoms with E-state index in [9.17, 15) is 0 Å². The van der Waals surface area contributed by atoms with Crippen LogP contribution in [-0.2, 0) is 10.8 Å². The first kappa shape index (κ1) is 52.9. The van der Waals surface area contributed by atoms with E-state index in [0.29, 0.717) is 22.1 Å². The molecule has 10 heteroatoms. The number of alkyl halides is 6. The van der Waals surface area contributed by atoms with E-state index >= 15 is 26.3 Å². The highest BCUT2D eigenvalue weighted by atomic mass is 19.4. The molecular weight excluding hydrogens is 1110 g/mol. The van der Waals surface area contributed by atoms with Gasteiger partial charge >= 0.3 is 12.4 Å². The molecule has 0 saturated heterocycles. The Hall–Kier alpha value is -10.6. The molecule has 0 radical (unpaired) electrons. The van der Waals surface area contributed by atoms with E-state index in [-0.39, 0.29) is 16.8 Å². The second kappa shape index (κ2) is 19.5. The maximum absolute atomic E-state index is 16.2. The predicted molar refractivity (Wildman–Crippen MR) is 347 cm³/mol. The molecule has 0 bridgehead atoms. The van der Waals surface area contributed by atoms with Gasteiger partial charge in [-0.15, -0.1) is 0 Å². The van der Waals surface area contributed by atoms with Gasteiger partial charge in [-0.1, -0.05) is 190 Å². The van der Waals surface area contributed by atoms with Crippen molar-refractivity contribution < 1.29 is 26.3 Å². The Labute approximate surface area is 501 Å². The molecule has 4 aromatic heterocycles. The van der Waals surface area contributed by atoms with E-state index in [0.717, 1.165) is 90.1 Å². The minimum atomic E-state index is -5.83. The molecule has 0 N–H and O–H groups in total. The normalized spacial score (nSPS) is 12.8. The lowest BCUT2D eigenvalue weighted by Crippen LogP contribution is -2.54. The van der Waals surface area contributed by atoms with Crippen molar-refractivity contribution in [3.05, 3.63) is 301 Å².